The molecule has 5 heteroatoms. The van der Waals surface area contributed by atoms with Crippen molar-refractivity contribution in [1.29, 1.82) is 0 Å². The van der Waals surface area contributed by atoms with Gasteiger partial charge >= 0.3 is 0 Å². The summed E-state index contributed by atoms with van der Waals surface area (Å²) >= 11 is 2.08. The first-order valence-electron chi connectivity index (χ1n) is 8.13. The van der Waals surface area contributed by atoms with Crippen molar-refractivity contribution in [1.82, 2.24) is 9.97 Å². The fourth-order valence-corrected chi connectivity index (χ4v) is 4.23. The number of nitrogens with one attached hydrogen (secondary N) is 1. The lowest BCUT2D eigenvalue weighted by Gasteiger charge is -2.36. The Balaban J connectivity index is 2.28. The van der Waals surface area contributed by atoms with Gasteiger partial charge in [0.15, 0.2) is 0 Å². The molecule has 1 aromatic rings. The van der Waals surface area contributed by atoms with Crippen LogP contribution in [0.25, 0.3) is 0 Å². The van der Waals surface area contributed by atoms with Gasteiger partial charge in [-0.05, 0) is 12.8 Å². The van der Waals surface area contributed by atoms with E-state index in [9.17, 15) is 0 Å². The minimum absolute atomic E-state index is 0.658. The van der Waals surface area contributed by atoms with Crippen molar-refractivity contribution in [2.45, 2.75) is 57.5 Å². The first-order chi connectivity index (χ1) is 10.2. The Morgan fingerprint density at radius 2 is 1.90 bits per heavy atom. The average Bonchev–Trinajstić information content (AvgIpc) is 2.45. The average molecular weight is 308 g/mol. The van der Waals surface area contributed by atoms with Gasteiger partial charge in [0.2, 0.25) is 0 Å². The zero-order valence-corrected chi connectivity index (χ0v) is 14.5. The molecule has 2 heterocycles. The highest BCUT2D eigenvalue weighted by Crippen LogP contribution is 2.31. The van der Waals surface area contributed by atoms with E-state index in [1.807, 2.05) is 0 Å². The third-order valence-corrected chi connectivity index (χ3v) is 4.91. The third kappa shape index (κ3) is 4.25. The summed E-state index contributed by atoms with van der Waals surface area (Å²) in [5.41, 5.74) is 1.29. The minimum atomic E-state index is 0.658. The van der Waals surface area contributed by atoms with Crippen LogP contribution >= 0.6 is 11.8 Å². The number of thioether (sulfide) groups is 1. The fraction of sp³-hybridized carbons (Fsp3) is 0.750. The van der Waals surface area contributed by atoms with E-state index >= 15 is 0 Å². The van der Waals surface area contributed by atoms with Crippen molar-refractivity contribution < 1.29 is 0 Å². The van der Waals surface area contributed by atoms with Crippen LogP contribution < -0.4 is 10.2 Å². The number of hydrogen-bond donors (Lipinski definition) is 1. The van der Waals surface area contributed by atoms with E-state index in [1.165, 1.54) is 5.56 Å². The molecule has 0 bridgehead atoms. The topological polar surface area (TPSA) is 41.1 Å². The molecule has 4 nitrogen and oxygen atoms in total. The Morgan fingerprint density at radius 1 is 1.19 bits per heavy atom. The number of aromatic nitrogens is 2. The molecule has 0 saturated carbocycles. The monoisotopic (exact) mass is 308 g/mol. The van der Waals surface area contributed by atoms with Gasteiger partial charge < -0.3 is 10.2 Å². The first kappa shape index (κ1) is 16.4. The van der Waals surface area contributed by atoms with Crippen LogP contribution in [0.1, 0.15) is 46.1 Å². The molecule has 118 valence electrons. The van der Waals surface area contributed by atoms with E-state index in [4.69, 9.17) is 0 Å². The first-order valence-corrected chi connectivity index (χ1v) is 9.08. The molecule has 0 aliphatic carbocycles. The van der Waals surface area contributed by atoms with E-state index < -0.39 is 0 Å². The Bertz CT molecular complexity index is 442. The van der Waals surface area contributed by atoms with Gasteiger partial charge in [-0.1, -0.05) is 34.1 Å². The van der Waals surface area contributed by atoms with Gasteiger partial charge in [-0.15, -0.1) is 0 Å². The molecule has 1 aliphatic rings. The van der Waals surface area contributed by atoms with Gasteiger partial charge in [0, 0.05) is 35.7 Å². The van der Waals surface area contributed by atoms with Gasteiger partial charge in [0.25, 0.3) is 0 Å². The Labute approximate surface area is 133 Å². The molecule has 2 unspecified atom stereocenters. The van der Waals surface area contributed by atoms with Crippen molar-refractivity contribution in [2.75, 3.05) is 29.9 Å². The fourth-order valence-electron chi connectivity index (χ4n) is 2.90. The second kappa shape index (κ2) is 7.87. The number of hydrogen-bond acceptors (Lipinski definition) is 5. The summed E-state index contributed by atoms with van der Waals surface area (Å²) in [6, 6.07) is 0. The van der Waals surface area contributed by atoms with E-state index in [0.717, 1.165) is 50.5 Å². The Morgan fingerprint density at radius 3 is 2.52 bits per heavy atom. The predicted octanol–water partition coefficient (Wildman–Crippen LogP) is 3.58. The number of anilines is 2. The van der Waals surface area contributed by atoms with Crippen LogP contribution in [0.2, 0.25) is 0 Å². The van der Waals surface area contributed by atoms with Gasteiger partial charge in [-0.25, -0.2) is 9.97 Å². The summed E-state index contributed by atoms with van der Waals surface area (Å²) in [6.07, 6.45) is 4.98. The normalized spacial score (nSPS) is 22.4. The van der Waals surface area contributed by atoms with E-state index in [0.29, 0.717) is 10.5 Å². The highest BCUT2D eigenvalue weighted by molar-refractivity contribution is 8.00. The smallest absolute Gasteiger partial charge is 0.137 e. The third-order valence-electron chi connectivity index (χ3n) is 3.68. The van der Waals surface area contributed by atoms with Crippen molar-refractivity contribution >= 4 is 23.4 Å². The van der Waals surface area contributed by atoms with Gasteiger partial charge in [-0.3, -0.25) is 0 Å². The van der Waals surface area contributed by atoms with Crippen molar-refractivity contribution in [2.24, 2.45) is 0 Å². The molecule has 0 amide bonds. The van der Waals surface area contributed by atoms with E-state index in [-0.39, 0.29) is 0 Å². The summed E-state index contributed by atoms with van der Waals surface area (Å²) in [7, 11) is 0. The lowest BCUT2D eigenvalue weighted by Crippen LogP contribution is -2.41. The molecule has 0 aromatic carbocycles. The van der Waals surface area contributed by atoms with Crippen LogP contribution in [-0.2, 0) is 6.42 Å². The lowest BCUT2D eigenvalue weighted by molar-refractivity contribution is 0.709. The van der Waals surface area contributed by atoms with Gasteiger partial charge in [0.1, 0.15) is 18.0 Å². The van der Waals surface area contributed by atoms with Crippen LogP contribution in [0.4, 0.5) is 11.6 Å². The number of rotatable bonds is 6. The summed E-state index contributed by atoms with van der Waals surface area (Å²) in [5.74, 6) is 2.17. The zero-order chi connectivity index (χ0) is 15.2. The molecular formula is C16H28N4S. The molecular weight excluding hydrogens is 280 g/mol. The molecule has 0 spiro atoms. The Kier molecular flexibility index (Phi) is 6.15. The van der Waals surface area contributed by atoms with Crippen LogP contribution in [0.15, 0.2) is 6.33 Å². The van der Waals surface area contributed by atoms with Crippen LogP contribution in [0.3, 0.4) is 0 Å². The SMILES string of the molecule is CCCNc1ncnc(N2CC(C)SC(C)C2)c1CCC. The molecule has 1 saturated heterocycles. The van der Waals surface area contributed by atoms with Gasteiger partial charge in [-0.2, -0.15) is 11.8 Å². The molecule has 0 radical (unpaired) electrons. The van der Waals surface area contributed by atoms with Crippen molar-refractivity contribution in [3.8, 4) is 0 Å². The quantitative estimate of drug-likeness (QED) is 0.870. The van der Waals surface area contributed by atoms with Crippen molar-refractivity contribution in [3.05, 3.63) is 11.9 Å². The molecule has 2 atom stereocenters. The lowest BCUT2D eigenvalue weighted by atomic mass is 10.1. The second-order valence-electron chi connectivity index (χ2n) is 5.86. The maximum atomic E-state index is 4.62. The van der Waals surface area contributed by atoms with Crippen molar-refractivity contribution in [3.63, 3.8) is 0 Å². The second-order valence-corrected chi connectivity index (χ2v) is 7.75. The molecule has 1 aliphatic heterocycles. The van der Waals surface area contributed by atoms with Gasteiger partial charge in [0.05, 0.1) is 0 Å². The molecule has 1 fully saturated rings. The molecule has 21 heavy (non-hydrogen) atoms. The zero-order valence-electron chi connectivity index (χ0n) is 13.7. The molecule has 1 N–H and O–H groups in total. The standard InChI is InChI=1S/C16H28N4S/c1-5-7-14-15(17-8-6-2)18-11-19-16(14)20-9-12(3)21-13(4)10-20/h11-13H,5-10H2,1-4H3,(H,17,18,19). The maximum Gasteiger partial charge on any atom is 0.137 e. The molecule has 2 rings (SSSR count). The summed E-state index contributed by atoms with van der Waals surface area (Å²) in [6.45, 7) is 12.1. The summed E-state index contributed by atoms with van der Waals surface area (Å²) in [4.78, 5) is 11.6. The number of nitrogens with zero attached hydrogens (tertiary/aromatic N) is 3. The summed E-state index contributed by atoms with van der Waals surface area (Å²) < 4.78 is 0. The maximum absolute atomic E-state index is 4.62. The Hall–Kier alpha value is -0.970. The van der Waals surface area contributed by atoms with Crippen LogP contribution in [0, 0.1) is 0 Å². The predicted molar refractivity (Wildman–Crippen MR) is 93.5 cm³/mol. The molecule has 1 aromatic heterocycles. The highest BCUT2D eigenvalue weighted by atomic mass is 32.2. The summed E-state index contributed by atoms with van der Waals surface area (Å²) in [5, 5.41) is 4.78. The van der Waals surface area contributed by atoms with E-state index in [1.54, 1.807) is 6.33 Å². The van der Waals surface area contributed by atoms with E-state index in [2.05, 4.69) is 59.6 Å². The largest absolute Gasteiger partial charge is 0.370 e. The van der Waals surface area contributed by atoms with Crippen LogP contribution in [0.5, 0.6) is 0 Å². The highest BCUT2D eigenvalue weighted by Gasteiger charge is 2.25. The van der Waals surface area contributed by atoms with Crippen LogP contribution in [-0.4, -0.2) is 40.1 Å². The minimum Gasteiger partial charge on any atom is -0.370 e.